The number of nitrogens with one attached hydrogen (secondary N) is 3. The highest BCUT2D eigenvalue weighted by Crippen LogP contribution is 2.20. The molecule has 5 heteroatoms. The number of hydrogen-bond donors (Lipinski definition) is 3. The molecule has 3 N–H and O–H groups in total. The summed E-state index contributed by atoms with van der Waals surface area (Å²) in [6.45, 7) is 8.41. The van der Waals surface area contributed by atoms with E-state index in [0.29, 0.717) is 5.11 Å². The zero-order valence-corrected chi connectivity index (χ0v) is 17.8. The van der Waals surface area contributed by atoms with E-state index in [4.69, 9.17) is 12.2 Å². The molecule has 0 aliphatic rings. The summed E-state index contributed by atoms with van der Waals surface area (Å²) >= 11 is 5.46. The van der Waals surface area contributed by atoms with Crippen LogP contribution in [0.5, 0.6) is 0 Å². The fourth-order valence-corrected chi connectivity index (χ4v) is 2.99. The number of benzene rings is 2. The summed E-state index contributed by atoms with van der Waals surface area (Å²) in [6, 6.07) is 17.7. The molecule has 28 heavy (non-hydrogen) atoms. The molecule has 1 amide bonds. The van der Waals surface area contributed by atoms with Gasteiger partial charge in [-0.2, -0.15) is 0 Å². The van der Waals surface area contributed by atoms with Crippen molar-refractivity contribution in [2.75, 3.05) is 5.32 Å². The summed E-state index contributed by atoms with van der Waals surface area (Å²) < 4.78 is 0. The normalized spacial score (nSPS) is 12.4. The molecule has 0 aliphatic heterocycles. The summed E-state index contributed by atoms with van der Waals surface area (Å²) in [4.78, 5) is 12.4. The zero-order valence-electron chi connectivity index (χ0n) is 17.0. The van der Waals surface area contributed by atoms with E-state index in [0.717, 1.165) is 23.2 Å². The molecule has 1 unspecified atom stereocenters. The third kappa shape index (κ3) is 7.92. The van der Waals surface area contributed by atoms with Crippen LogP contribution in [0.1, 0.15) is 38.3 Å². The lowest BCUT2D eigenvalue weighted by Crippen LogP contribution is -2.50. The maximum Gasteiger partial charge on any atom is 0.245 e. The quantitative estimate of drug-likeness (QED) is 0.371. The molecule has 0 spiro atoms. The summed E-state index contributed by atoms with van der Waals surface area (Å²) in [5.41, 5.74) is 3.06. The molecule has 0 aromatic heterocycles. The lowest BCUT2D eigenvalue weighted by Gasteiger charge is -2.28. The van der Waals surface area contributed by atoms with Crippen LogP contribution in [-0.2, 0) is 4.79 Å². The number of carbonyl (C=O) groups excluding carboxylic acids is 1. The van der Waals surface area contributed by atoms with E-state index in [1.807, 2.05) is 61.5 Å². The highest BCUT2D eigenvalue weighted by atomic mass is 32.1. The second-order valence-corrected chi connectivity index (χ2v) is 8.39. The number of aryl methyl sites for hydroxylation is 1. The van der Waals surface area contributed by atoms with Gasteiger partial charge in [0.1, 0.15) is 6.17 Å². The Labute approximate surface area is 173 Å². The molecule has 1 atom stereocenters. The highest BCUT2D eigenvalue weighted by Gasteiger charge is 2.20. The Morgan fingerprint density at radius 2 is 1.68 bits per heavy atom. The standard InChI is InChI=1S/C23H29N3OS/c1-17-10-8-9-13-19(17)24-22(28)26-20(16-23(2,3)4)25-21(27)15-14-18-11-6-5-7-12-18/h5-15,20H,16H2,1-4H3,(H,25,27)(H2,24,26,28)/b15-14+. The smallest absolute Gasteiger partial charge is 0.245 e. The van der Waals surface area contributed by atoms with Crippen LogP contribution >= 0.6 is 12.2 Å². The van der Waals surface area contributed by atoms with Gasteiger partial charge in [-0.25, -0.2) is 0 Å². The number of rotatable bonds is 6. The van der Waals surface area contributed by atoms with Crippen molar-refractivity contribution < 1.29 is 4.79 Å². The van der Waals surface area contributed by atoms with Gasteiger partial charge >= 0.3 is 0 Å². The Morgan fingerprint density at radius 3 is 2.32 bits per heavy atom. The molecule has 0 heterocycles. The predicted molar refractivity (Wildman–Crippen MR) is 122 cm³/mol. The minimum absolute atomic E-state index is 0.0202. The van der Waals surface area contributed by atoms with Crippen LogP contribution in [0, 0.1) is 12.3 Å². The molecule has 0 saturated carbocycles. The molecule has 2 aromatic rings. The van der Waals surface area contributed by atoms with Crippen molar-refractivity contribution in [2.24, 2.45) is 5.41 Å². The lowest BCUT2D eigenvalue weighted by molar-refractivity contribution is -0.117. The third-order valence-electron chi connectivity index (χ3n) is 4.06. The maximum atomic E-state index is 12.4. The van der Waals surface area contributed by atoms with Crippen molar-refractivity contribution in [1.29, 1.82) is 0 Å². The van der Waals surface area contributed by atoms with Crippen LogP contribution in [0.3, 0.4) is 0 Å². The van der Waals surface area contributed by atoms with Crippen LogP contribution in [0.15, 0.2) is 60.7 Å². The average molecular weight is 396 g/mol. The van der Waals surface area contributed by atoms with E-state index in [1.165, 1.54) is 0 Å². The minimum Gasteiger partial charge on any atom is -0.342 e. The van der Waals surface area contributed by atoms with Gasteiger partial charge in [0.25, 0.3) is 0 Å². The Balaban J connectivity index is 2.00. The van der Waals surface area contributed by atoms with Crippen LogP contribution < -0.4 is 16.0 Å². The van der Waals surface area contributed by atoms with E-state index in [9.17, 15) is 4.79 Å². The minimum atomic E-state index is -0.281. The Morgan fingerprint density at radius 1 is 1.04 bits per heavy atom. The van der Waals surface area contributed by atoms with Gasteiger partial charge in [0, 0.05) is 11.8 Å². The second kappa shape index (κ2) is 10.0. The Bertz CT molecular complexity index is 825. The summed E-state index contributed by atoms with van der Waals surface area (Å²) in [5, 5.41) is 9.93. The number of para-hydroxylation sites is 1. The first-order chi connectivity index (χ1) is 13.2. The molecule has 0 radical (unpaired) electrons. The topological polar surface area (TPSA) is 53.2 Å². The molecule has 0 fully saturated rings. The van der Waals surface area contributed by atoms with Gasteiger partial charge in [0.2, 0.25) is 5.91 Å². The molecule has 0 bridgehead atoms. The molecule has 2 rings (SSSR count). The van der Waals surface area contributed by atoms with E-state index in [2.05, 4.69) is 36.7 Å². The lowest BCUT2D eigenvalue weighted by atomic mass is 9.90. The Kier molecular flexibility index (Phi) is 7.76. The van der Waals surface area contributed by atoms with E-state index in [1.54, 1.807) is 12.2 Å². The first-order valence-corrected chi connectivity index (χ1v) is 9.80. The van der Waals surface area contributed by atoms with Crippen molar-refractivity contribution in [1.82, 2.24) is 10.6 Å². The third-order valence-corrected chi connectivity index (χ3v) is 4.28. The van der Waals surface area contributed by atoms with Crippen molar-refractivity contribution in [2.45, 2.75) is 40.3 Å². The molecular formula is C23H29N3OS. The van der Waals surface area contributed by atoms with E-state index >= 15 is 0 Å². The van der Waals surface area contributed by atoms with Crippen molar-refractivity contribution in [3.8, 4) is 0 Å². The first kappa shape index (κ1) is 21.6. The van der Waals surface area contributed by atoms with Crippen LogP contribution in [0.4, 0.5) is 5.69 Å². The van der Waals surface area contributed by atoms with Gasteiger partial charge in [-0.3, -0.25) is 4.79 Å². The first-order valence-electron chi connectivity index (χ1n) is 9.40. The molecule has 0 aliphatic carbocycles. The van der Waals surface area contributed by atoms with Crippen LogP contribution in [0.2, 0.25) is 0 Å². The average Bonchev–Trinajstić information content (AvgIpc) is 2.61. The van der Waals surface area contributed by atoms with Gasteiger partial charge in [0.15, 0.2) is 5.11 Å². The predicted octanol–water partition coefficient (Wildman–Crippen LogP) is 4.87. The summed E-state index contributed by atoms with van der Waals surface area (Å²) in [6.07, 6.45) is 3.79. The van der Waals surface area contributed by atoms with Gasteiger partial charge in [-0.05, 0) is 54.2 Å². The molecule has 2 aromatic carbocycles. The second-order valence-electron chi connectivity index (χ2n) is 7.98. The monoisotopic (exact) mass is 395 g/mol. The van der Waals surface area contributed by atoms with Gasteiger partial charge in [0.05, 0.1) is 0 Å². The zero-order chi connectivity index (χ0) is 20.6. The van der Waals surface area contributed by atoms with Crippen molar-refractivity contribution >= 4 is 35.0 Å². The van der Waals surface area contributed by atoms with Crippen LogP contribution in [-0.4, -0.2) is 17.2 Å². The maximum absolute atomic E-state index is 12.4. The van der Waals surface area contributed by atoms with E-state index in [-0.39, 0.29) is 17.5 Å². The molecule has 148 valence electrons. The Hall–Kier alpha value is -2.66. The van der Waals surface area contributed by atoms with Gasteiger partial charge in [-0.15, -0.1) is 0 Å². The molecule has 0 saturated heterocycles. The summed E-state index contributed by atoms with van der Waals surface area (Å²) in [5.74, 6) is -0.163. The van der Waals surface area contributed by atoms with Gasteiger partial charge < -0.3 is 16.0 Å². The molecular weight excluding hydrogens is 366 g/mol. The van der Waals surface area contributed by atoms with E-state index < -0.39 is 0 Å². The summed E-state index contributed by atoms with van der Waals surface area (Å²) in [7, 11) is 0. The number of hydrogen-bond acceptors (Lipinski definition) is 2. The number of amides is 1. The highest BCUT2D eigenvalue weighted by molar-refractivity contribution is 7.80. The van der Waals surface area contributed by atoms with Crippen molar-refractivity contribution in [3.05, 3.63) is 71.8 Å². The fourth-order valence-electron chi connectivity index (χ4n) is 2.74. The SMILES string of the molecule is Cc1ccccc1NC(=S)NC(CC(C)(C)C)NC(=O)/C=C/c1ccccc1. The fraction of sp³-hybridized carbons (Fsp3) is 0.304. The molecule has 4 nitrogen and oxygen atoms in total. The number of thiocarbonyl (C=S) groups is 1. The van der Waals surface area contributed by atoms with Crippen LogP contribution in [0.25, 0.3) is 6.08 Å². The number of carbonyl (C=O) groups is 1. The van der Waals surface area contributed by atoms with Crippen molar-refractivity contribution in [3.63, 3.8) is 0 Å². The number of anilines is 1. The van der Waals surface area contributed by atoms with Gasteiger partial charge in [-0.1, -0.05) is 69.3 Å². The largest absolute Gasteiger partial charge is 0.342 e.